The highest BCUT2D eigenvalue weighted by atomic mass is 35.5. The van der Waals surface area contributed by atoms with Gasteiger partial charge in [-0.05, 0) is 56.1 Å². The van der Waals surface area contributed by atoms with Gasteiger partial charge < -0.3 is 5.32 Å². The lowest BCUT2D eigenvalue weighted by Gasteiger charge is -2.50. The van der Waals surface area contributed by atoms with Gasteiger partial charge in [0.1, 0.15) is 7.36 Å². The maximum atomic E-state index is 6.21. The molecule has 3 rings (SSSR count). The molecule has 0 radical (unpaired) electrons. The SMILES string of the molecule is CC(C)(C)P(=NC(=S)Nc1cc(Cl)cc(Cl)c1)(N1CCCCCC1)N1CCCCCC1. The Hall–Kier alpha value is -0.160. The van der Waals surface area contributed by atoms with Crippen molar-refractivity contribution in [2.24, 2.45) is 4.74 Å². The molecule has 0 atom stereocenters. The minimum absolute atomic E-state index is 0.000597. The van der Waals surface area contributed by atoms with Gasteiger partial charge in [-0.25, -0.2) is 4.74 Å². The Labute approximate surface area is 204 Å². The summed E-state index contributed by atoms with van der Waals surface area (Å²) in [6, 6.07) is 5.43. The van der Waals surface area contributed by atoms with Crippen LogP contribution >= 0.6 is 42.8 Å². The van der Waals surface area contributed by atoms with Gasteiger partial charge in [-0.1, -0.05) is 69.7 Å². The standard InChI is InChI=1S/C23H37Cl2N4PS/c1-23(2,3)30(28-12-8-4-5-9-13-28,29-14-10-6-7-11-15-29)27-22(31)26-21-17-19(24)16-20(25)18-21/h16-18H,4-15H2,1-3H3,(H,26,31). The number of benzene rings is 1. The quantitative estimate of drug-likeness (QED) is 0.332. The van der Waals surface area contributed by atoms with Crippen LogP contribution in [0.15, 0.2) is 22.9 Å². The van der Waals surface area contributed by atoms with Crippen LogP contribution in [0.25, 0.3) is 0 Å². The van der Waals surface area contributed by atoms with Crippen LogP contribution in [0.3, 0.4) is 0 Å². The van der Waals surface area contributed by atoms with E-state index < -0.39 is 7.36 Å². The van der Waals surface area contributed by atoms with Gasteiger partial charge in [-0.2, -0.15) is 0 Å². The first-order valence-corrected chi connectivity index (χ1v) is 14.4. The number of rotatable bonds is 3. The number of nitrogens with one attached hydrogen (secondary N) is 1. The lowest BCUT2D eigenvalue weighted by Crippen LogP contribution is -2.42. The number of hydrogen-bond donors (Lipinski definition) is 1. The molecule has 0 aliphatic carbocycles. The summed E-state index contributed by atoms with van der Waals surface area (Å²) in [6.07, 6.45) is 10.2. The van der Waals surface area contributed by atoms with E-state index in [-0.39, 0.29) is 5.16 Å². The fraction of sp³-hybridized carbons (Fsp3) is 0.696. The molecule has 2 heterocycles. The van der Waals surface area contributed by atoms with Crippen LogP contribution in [0.5, 0.6) is 0 Å². The monoisotopic (exact) mass is 502 g/mol. The first-order valence-electron chi connectivity index (χ1n) is 11.6. The van der Waals surface area contributed by atoms with Crippen molar-refractivity contribution in [2.45, 2.75) is 77.3 Å². The van der Waals surface area contributed by atoms with Gasteiger partial charge >= 0.3 is 0 Å². The Bertz CT molecular complexity index is 764. The molecule has 8 heteroatoms. The molecule has 0 unspecified atom stereocenters. The van der Waals surface area contributed by atoms with Gasteiger partial charge in [0.25, 0.3) is 0 Å². The van der Waals surface area contributed by atoms with E-state index in [1.54, 1.807) is 6.07 Å². The number of nitrogens with zero attached hydrogens (tertiary/aromatic N) is 3. The highest BCUT2D eigenvalue weighted by Crippen LogP contribution is 2.66. The number of thiocarbonyl (C=S) groups is 1. The van der Waals surface area contributed by atoms with E-state index in [4.69, 9.17) is 40.2 Å². The van der Waals surface area contributed by atoms with E-state index >= 15 is 0 Å². The first-order chi connectivity index (χ1) is 14.7. The molecular formula is C23H37Cl2N4PS. The Morgan fingerprint density at radius 2 is 1.26 bits per heavy atom. The molecule has 0 bridgehead atoms. The van der Waals surface area contributed by atoms with E-state index in [0.29, 0.717) is 15.2 Å². The van der Waals surface area contributed by atoms with Crippen molar-refractivity contribution >= 4 is 53.6 Å². The van der Waals surface area contributed by atoms with Crippen molar-refractivity contribution in [1.82, 2.24) is 9.34 Å². The Balaban J connectivity index is 2.06. The van der Waals surface area contributed by atoms with Crippen molar-refractivity contribution in [1.29, 1.82) is 0 Å². The maximum absolute atomic E-state index is 6.21. The topological polar surface area (TPSA) is 30.9 Å². The van der Waals surface area contributed by atoms with Crippen LogP contribution in [0, 0.1) is 0 Å². The Kier molecular flexibility index (Phi) is 9.29. The maximum Gasteiger partial charge on any atom is 0.198 e. The molecule has 2 aliphatic rings. The molecule has 31 heavy (non-hydrogen) atoms. The molecule has 1 aromatic rings. The summed E-state index contributed by atoms with van der Waals surface area (Å²) in [7, 11) is -2.08. The summed E-state index contributed by atoms with van der Waals surface area (Å²) < 4.78 is 10.9. The summed E-state index contributed by atoms with van der Waals surface area (Å²) in [5.74, 6) is 0. The zero-order valence-corrected chi connectivity index (χ0v) is 22.4. The van der Waals surface area contributed by atoms with Gasteiger partial charge in [-0.15, -0.1) is 0 Å². The summed E-state index contributed by atoms with van der Waals surface area (Å²) in [6.45, 7) is 11.5. The average Bonchev–Trinajstić information content (AvgIpc) is 3.10. The second-order valence-electron chi connectivity index (χ2n) is 9.66. The fourth-order valence-electron chi connectivity index (χ4n) is 4.87. The fourth-order valence-corrected chi connectivity index (χ4v) is 10.4. The van der Waals surface area contributed by atoms with E-state index in [0.717, 1.165) is 31.9 Å². The van der Waals surface area contributed by atoms with Crippen LogP contribution in [0.2, 0.25) is 10.0 Å². The third-order valence-corrected chi connectivity index (χ3v) is 11.6. The molecule has 0 saturated carbocycles. The normalized spacial score (nSPS) is 20.0. The molecule has 4 nitrogen and oxygen atoms in total. The highest BCUT2D eigenvalue weighted by Gasteiger charge is 2.44. The molecule has 1 aromatic carbocycles. The first kappa shape index (κ1) is 25.5. The molecule has 0 spiro atoms. The average molecular weight is 504 g/mol. The lowest BCUT2D eigenvalue weighted by molar-refractivity contribution is 0.368. The second kappa shape index (κ2) is 11.3. The molecule has 2 fully saturated rings. The van der Waals surface area contributed by atoms with Crippen molar-refractivity contribution in [3.8, 4) is 0 Å². The number of hydrogen-bond acceptors (Lipinski definition) is 1. The molecule has 1 N–H and O–H groups in total. The van der Waals surface area contributed by atoms with Crippen molar-refractivity contribution < 1.29 is 0 Å². The molecule has 0 amide bonds. The van der Waals surface area contributed by atoms with Crippen LogP contribution in [0.4, 0.5) is 5.69 Å². The summed E-state index contributed by atoms with van der Waals surface area (Å²) in [5, 5.41) is 5.05. The molecule has 174 valence electrons. The molecule has 0 aromatic heterocycles. The third-order valence-electron chi connectivity index (χ3n) is 6.20. The zero-order valence-electron chi connectivity index (χ0n) is 19.2. The van der Waals surface area contributed by atoms with Gasteiger partial charge in [0.05, 0.1) is 0 Å². The molecular weight excluding hydrogens is 466 g/mol. The highest BCUT2D eigenvalue weighted by molar-refractivity contribution is 7.81. The molecule has 2 saturated heterocycles. The predicted molar refractivity (Wildman–Crippen MR) is 142 cm³/mol. The number of halogens is 2. The van der Waals surface area contributed by atoms with Crippen molar-refractivity contribution in [3.63, 3.8) is 0 Å². The minimum atomic E-state index is -2.08. The second-order valence-corrected chi connectivity index (χ2v) is 14.7. The van der Waals surface area contributed by atoms with Crippen molar-refractivity contribution in [3.05, 3.63) is 28.2 Å². The zero-order chi connectivity index (χ0) is 22.5. The van der Waals surface area contributed by atoms with E-state index in [1.807, 2.05) is 12.1 Å². The summed E-state index contributed by atoms with van der Waals surface area (Å²) >= 11 is 18.3. The molecule has 2 aliphatic heterocycles. The van der Waals surface area contributed by atoms with Gasteiger partial charge in [0.2, 0.25) is 0 Å². The van der Waals surface area contributed by atoms with Gasteiger partial charge in [-0.3, -0.25) is 9.34 Å². The minimum Gasteiger partial charge on any atom is -0.331 e. The van der Waals surface area contributed by atoms with Crippen LogP contribution in [-0.2, 0) is 0 Å². The van der Waals surface area contributed by atoms with E-state index in [1.165, 1.54) is 51.4 Å². The van der Waals surface area contributed by atoms with Crippen LogP contribution < -0.4 is 5.32 Å². The Morgan fingerprint density at radius 1 is 0.839 bits per heavy atom. The lowest BCUT2D eigenvalue weighted by atomic mass is 10.2. The third kappa shape index (κ3) is 6.46. The summed E-state index contributed by atoms with van der Waals surface area (Å²) in [5.41, 5.74) is 0.796. The van der Waals surface area contributed by atoms with Gasteiger partial charge in [0.15, 0.2) is 5.11 Å². The largest absolute Gasteiger partial charge is 0.331 e. The van der Waals surface area contributed by atoms with E-state index in [2.05, 4.69) is 35.4 Å². The van der Waals surface area contributed by atoms with Crippen molar-refractivity contribution in [2.75, 3.05) is 31.5 Å². The number of anilines is 1. The predicted octanol–water partition coefficient (Wildman–Crippen LogP) is 8.27. The summed E-state index contributed by atoms with van der Waals surface area (Å²) in [4.78, 5) is 0. The van der Waals surface area contributed by atoms with Gasteiger partial charge in [0, 0.05) is 47.1 Å². The van der Waals surface area contributed by atoms with Crippen LogP contribution in [0.1, 0.15) is 72.1 Å². The van der Waals surface area contributed by atoms with Crippen LogP contribution in [-0.4, -0.2) is 45.8 Å². The smallest absolute Gasteiger partial charge is 0.198 e. The van der Waals surface area contributed by atoms with E-state index in [9.17, 15) is 0 Å². The Morgan fingerprint density at radius 3 is 1.65 bits per heavy atom.